The van der Waals surface area contributed by atoms with Gasteiger partial charge in [-0.3, -0.25) is 4.79 Å². The molecule has 0 unspecified atom stereocenters. The highest BCUT2D eigenvalue weighted by atomic mass is 79.9. The molecular weight excluding hydrogens is 466 g/mol. The Morgan fingerprint density at radius 2 is 1.97 bits per heavy atom. The van der Waals surface area contributed by atoms with Crippen LogP contribution >= 0.6 is 15.9 Å². The van der Waals surface area contributed by atoms with Crippen LogP contribution in [0.25, 0.3) is 0 Å². The first-order valence-electron chi connectivity index (χ1n) is 9.44. The standard InChI is InChI=1S/C21H18BrN5O4/c1-3-31-15-9-7-12(8-10-15)19(28)16-17(20(29)30-2)23-21-24-25-26-27(21)18(16)13-5-4-6-14(22)11-13/h4-11,18H,3H2,1-2H3,(H,23,24,26)/t18-/m1/s1. The lowest BCUT2D eigenvalue weighted by Gasteiger charge is -2.28. The fraction of sp³-hybridized carbons (Fsp3) is 0.190. The van der Waals surface area contributed by atoms with Crippen molar-refractivity contribution in [2.24, 2.45) is 0 Å². The molecule has 0 radical (unpaired) electrons. The molecule has 3 aromatic rings. The maximum atomic E-state index is 13.7. The minimum atomic E-state index is -0.739. The number of nitrogens with one attached hydrogen (secondary N) is 1. The van der Waals surface area contributed by atoms with Gasteiger partial charge in [-0.05, 0) is 59.3 Å². The average Bonchev–Trinajstić information content (AvgIpc) is 3.26. The summed E-state index contributed by atoms with van der Waals surface area (Å²) in [4.78, 5) is 26.3. The number of carbonyl (C=O) groups excluding carboxylic acids is 2. The van der Waals surface area contributed by atoms with Gasteiger partial charge in [0.2, 0.25) is 5.95 Å². The normalized spacial score (nSPS) is 15.1. The summed E-state index contributed by atoms with van der Waals surface area (Å²) in [5.41, 5.74) is 1.28. The van der Waals surface area contributed by atoms with Crippen LogP contribution < -0.4 is 10.1 Å². The van der Waals surface area contributed by atoms with Gasteiger partial charge in [-0.1, -0.05) is 33.2 Å². The number of rotatable bonds is 6. The predicted molar refractivity (Wildman–Crippen MR) is 115 cm³/mol. The summed E-state index contributed by atoms with van der Waals surface area (Å²) in [6.45, 7) is 2.40. The Bertz CT molecular complexity index is 1170. The van der Waals surface area contributed by atoms with Crippen molar-refractivity contribution < 1.29 is 19.1 Å². The molecule has 4 rings (SSSR count). The number of Topliss-reactive ketones (excluding diaryl/α,β-unsaturated/α-hetero) is 1. The summed E-state index contributed by atoms with van der Waals surface area (Å²) >= 11 is 3.46. The van der Waals surface area contributed by atoms with Crippen molar-refractivity contribution in [3.8, 4) is 5.75 Å². The van der Waals surface area contributed by atoms with E-state index in [-0.39, 0.29) is 23.0 Å². The Morgan fingerprint density at radius 3 is 2.65 bits per heavy atom. The lowest BCUT2D eigenvalue weighted by Crippen LogP contribution is -2.32. The van der Waals surface area contributed by atoms with Crippen LogP contribution in [0, 0.1) is 0 Å². The molecule has 0 fully saturated rings. The predicted octanol–water partition coefficient (Wildman–Crippen LogP) is 3.16. The first kappa shape index (κ1) is 20.7. The summed E-state index contributed by atoms with van der Waals surface area (Å²) < 4.78 is 12.7. The van der Waals surface area contributed by atoms with E-state index in [2.05, 4.69) is 36.8 Å². The summed E-state index contributed by atoms with van der Waals surface area (Å²) in [6.07, 6.45) is 0. The van der Waals surface area contributed by atoms with Gasteiger partial charge in [0, 0.05) is 10.0 Å². The number of nitrogens with zero attached hydrogens (tertiary/aromatic N) is 4. The first-order valence-corrected chi connectivity index (χ1v) is 10.2. The number of carbonyl (C=O) groups is 2. The van der Waals surface area contributed by atoms with Gasteiger partial charge >= 0.3 is 5.97 Å². The average molecular weight is 484 g/mol. The summed E-state index contributed by atoms with van der Waals surface area (Å²) in [5, 5.41) is 14.5. The lowest BCUT2D eigenvalue weighted by molar-refractivity contribution is -0.136. The number of esters is 1. The maximum Gasteiger partial charge on any atom is 0.355 e. The van der Waals surface area contributed by atoms with E-state index in [4.69, 9.17) is 9.47 Å². The van der Waals surface area contributed by atoms with Crippen molar-refractivity contribution in [1.29, 1.82) is 0 Å². The van der Waals surface area contributed by atoms with Crippen molar-refractivity contribution in [1.82, 2.24) is 20.2 Å². The SMILES string of the molecule is CCOc1ccc(C(=O)C2=C(C(=O)OC)Nc3nnnn3[C@@H]2c2cccc(Br)c2)cc1. The fourth-order valence-corrected chi connectivity index (χ4v) is 3.81. The number of fused-ring (bicyclic) bond motifs is 1. The van der Waals surface area contributed by atoms with Gasteiger partial charge in [-0.25, -0.2) is 4.79 Å². The Hall–Kier alpha value is -3.53. The number of hydrogen-bond donors (Lipinski definition) is 1. The quantitative estimate of drug-likeness (QED) is 0.420. The minimum absolute atomic E-state index is 0.00587. The molecule has 1 N–H and O–H groups in total. The highest BCUT2D eigenvalue weighted by Crippen LogP contribution is 2.37. The second-order valence-electron chi connectivity index (χ2n) is 6.60. The van der Waals surface area contributed by atoms with Gasteiger partial charge in [0.25, 0.3) is 0 Å². The van der Waals surface area contributed by atoms with E-state index in [0.29, 0.717) is 17.9 Å². The van der Waals surface area contributed by atoms with Crippen LogP contribution in [-0.2, 0) is 9.53 Å². The third-order valence-electron chi connectivity index (χ3n) is 4.74. The molecule has 158 valence electrons. The molecular formula is C21H18BrN5O4. The Balaban J connectivity index is 1.89. The van der Waals surface area contributed by atoms with Crippen LogP contribution in [0.2, 0.25) is 0 Å². The van der Waals surface area contributed by atoms with Crippen LogP contribution in [0.3, 0.4) is 0 Å². The second kappa shape index (κ2) is 8.68. The molecule has 2 heterocycles. The van der Waals surface area contributed by atoms with Gasteiger partial charge < -0.3 is 14.8 Å². The van der Waals surface area contributed by atoms with Crippen molar-refractivity contribution in [2.75, 3.05) is 19.0 Å². The zero-order chi connectivity index (χ0) is 22.0. The topological polar surface area (TPSA) is 108 Å². The summed E-state index contributed by atoms with van der Waals surface area (Å²) in [5.74, 6) is -0.173. The lowest BCUT2D eigenvalue weighted by atomic mass is 9.89. The van der Waals surface area contributed by atoms with Crippen LogP contribution in [0.4, 0.5) is 5.95 Å². The monoisotopic (exact) mass is 483 g/mol. The third kappa shape index (κ3) is 3.93. The van der Waals surface area contributed by atoms with Crippen molar-refractivity contribution >= 4 is 33.6 Å². The molecule has 0 spiro atoms. The number of hydrogen-bond acceptors (Lipinski definition) is 8. The second-order valence-corrected chi connectivity index (χ2v) is 7.51. The number of aromatic nitrogens is 4. The van der Waals surface area contributed by atoms with Crippen molar-refractivity contribution in [2.45, 2.75) is 13.0 Å². The number of methoxy groups -OCH3 is 1. The van der Waals surface area contributed by atoms with E-state index in [1.165, 1.54) is 11.8 Å². The van der Waals surface area contributed by atoms with E-state index >= 15 is 0 Å². The van der Waals surface area contributed by atoms with E-state index in [1.54, 1.807) is 24.3 Å². The van der Waals surface area contributed by atoms with E-state index in [0.717, 1.165) is 10.0 Å². The molecule has 9 nitrogen and oxygen atoms in total. The molecule has 0 aliphatic carbocycles. The summed E-state index contributed by atoms with van der Waals surface area (Å²) in [6, 6.07) is 13.4. The smallest absolute Gasteiger partial charge is 0.355 e. The number of ether oxygens (including phenoxy) is 2. The number of ketones is 1. The van der Waals surface area contributed by atoms with Crippen LogP contribution in [0.15, 0.2) is 64.3 Å². The Labute approximate surface area is 186 Å². The maximum absolute atomic E-state index is 13.7. The Morgan fingerprint density at radius 1 is 1.19 bits per heavy atom. The van der Waals surface area contributed by atoms with Crippen molar-refractivity contribution in [3.05, 3.63) is 75.4 Å². The van der Waals surface area contributed by atoms with Gasteiger partial charge in [-0.2, -0.15) is 4.68 Å². The molecule has 0 bridgehead atoms. The molecule has 31 heavy (non-hydrogen) atoms. The molecule has 10 heteroatoms. The van der Waals surface area contributed by atoms with Gasteiger partial charge in [0.05, 0.1) is 19.3 Å². The minimum Gasteiger partial charge on any atom is -0.494 e. The molecule has 1 aromatic heterocycles. The molecule has 1 aliphatic heterocycles. The first-order chi connectivity index (χ1) is 15.0. The van der Waals surface area contributed by atoms with Crippen LogP contribution in [0.1, 0.15) is 28.9 Å². The zero-order valence-electron chi connectivity index (χ0n) is 16.7. The van der Waals surface area contributed by atoms with Gasteiger partial charge in [0.1, 0.15) is 17.5 Å². The molecule has 0 saturated heterocycles. The van der Waals surface area contributed by atoms with E-state index in [9.17, 15) is 9.59 Å². The molecule has 1 atom stereocenters. The number of allylic oxidation sites excluding steroid dienone is 1. The molecule has 1 aliphatic rings. The molecule has 0 saturated carbocycles. The third-order valence-corrected chi connectivity index (χ3v) is 5.24. The zero-order valence-corrected chi connectivity index (χ0v) is 18.3. The van der Waals surface area contributed by atoms with E-state index in [1.807, 2.05) is 31.2 Å². The Kier molecular flexibility index (Phi) is 5.81. The van der Waals surface area contributed by atoms with Crippen LogP contribution in [0.5, 0.6) is 5.75 Å². The number of halogens is 1. The van der Waals surface area contributed by atoms with Gasteiger partial charge in [-0.15, -0.1) is 0 Å². The number of benzene rings is 2. The highest BCUT2D eigenvalue weighted by molar-refractivity contribution is 9.10. The largest absolute Gasteiger partial charge is 0.494 e. The fourth-order valence-electron chi connectivity index (χ4n) is 3.40. The highest BCUT2D eigenvalue weighted by Gasteiger charge is 2.38. The van der Waals surface area contributed by atoms with Crippen molar-refractivity contribution in [3.63, 3.8) is 0 Å². The summed E-state index contributed by atoms with van der Waals surface area (Å²) in [7, 11) is 1.25. The number of tetrazole rings is 1. The van der Waals surface area contributed by atoms with Gasteiger partial charge in [0.15, 0.2) is 5.78 Å². The van der Waals surface area contributed by atoms with E-state index < -0.39 is 12.0 Å². The molecule has 2 aromatic carbocycles. The van der Waals surface area contributed by atoms with Crippen LogP contribution in [-0.4, -0.2) is 45.7 Å². The molecule has 0 amide bonds. The number of anilines is 1.